The van der Waals surface area contributed by atoms with E-state index in [2.05, 4.69) is 0 Å². The third-order valence-electron chi connectivity index (χ3n) is 2.86. The van der Waals surface area contributed by atoms with Crippen LogP contribution in [0.25, 0.3) is 0 Å². The molecule has 2 heteroatoms. The van der Waals surface area contributed by atoms with Gasteiger partial charge in [0.15, 0.2) is 0 Å². The second kappa shape index (κ2) is 3.35. The minimum Gasteiger partial charge on any atom is -0.870 e. The van der Waals surface area contributed by atoms with E-state index in [9.17, 15) is 0 Å². The second-order valence-electron chi connectivity index (χ2n) is 3.60. The van der Waals surface area contributed by atoms with Crippen molar-refractivity contribution in [2.24, 2.45) is 5.92 Å². The van der Waals surface area contributed by atoms with Gasteiger partial charge in [0.1, 0.15) is 0 Å². The van der Waals surface area contributed by atoms with E-state index >= 15 is 0 Å². The quantitative estimate of drug-likeness (QED) is 0.505. The average molecular weight is 143 g/mol. The maximum Gasteiger partial charge on any atom is 0.0799 e. The number of hydrogen-bond acceptors (Lipinski definition) is 1. The number of hydrogen-bond donors (Lipinski definition) is 1. The molecule has 0 saturated carbocycles. The highest BCUT2D eigenvalue weighted by Crippen LogP contribution is 2.15. The van der Waals surface area contributed by atoms with Crippen LogP contribution in [0.15, 0.2) is 0 Å². The molecule has 2 rings (SSSR count). The Labute approximate surface area is 62.5 Å². The molecule has 2 bridgehead atoms. The smallest absolute Gasteiger partial charge is 0.0799 e. The SMILES string of the molecule is C1CC2CCC[NH+](C1)C2.[OH-]. The Morgan fingerprint density at radius 3 is 2.00 bits per heavy atom. The molecule has 2 aliphatic heterocycles. The van der Waals surface area contributed by atoms with Crippen LogP contribution in [0.2, 0.25) is 0 Å². The molecule has 0 aliphatic carbocycles. The van der Waals surface area contributed by atoms with Crippen LogP contribution in [-0.2, 0) is 0 Å². The van der Waals surface area contributed by atoms with Crippen LogP contribution in [-0.4, -0.2) is 25.1 Å². The fraction of sp³-hybridized carbons (Fsp3) is 1.00. The second-order valence-corrected chi connectivity index (χ2v) is 3.60. The monoisotopic (exact) mass is 143 g/mol. The third-order valence-corrected chi connectivity index (χ3v) is 2.86. The number of fused-ring (bicyclic) bond motifs is 2. The highest BCUT2D eigenvalue weighted by atomic mass is 16.0. The summed E-state index contributed by atoms with van der Waals surface area (Å²) < 4.78 is 0. The Bertz CT molecular complexity index is 85.4. The van der Waals surface area contributed by atoms with E-state index in [4.69, 9.17) is 0 Å². The third kappa shape index (κ3) is 1.50. The summed E-state index contributed by atoms with van der Waals surface area (Å²) in [6, 6.07) is 0. The Morgan fingerprint density at radius 2 is 1.60 bits per heavy atom. The standard InChI is InChI=1S/C8H15N.H2O/c1-3-8-4-2-6-9(5-1)7-8;/h8H,1-7H2;1H2. The largest absolute Gasteiger partial charge is 0.870 e. The predicted octanol–water partition coefficient (Wildman–Crippen LogP) is -0.102. The lowest BCUT2D eigenvalue weighted by atomic mass is 9.90. The summed E-state index contributed by atoms with van der Waals surface area (Å²) in [6.45, 7) is 4.44. The van der Waals surface area contributed by atoms with Crippen LogP contribution in [0.5, 0.6) is 0 Å². The van der Waals surface area contributed by atoms with Crippen molar-refractivity contribution in [3.63, 3.8) is 0 Å². The van der Waals surface area contributed by atoms with Gasteiger partial charge in [0, 0.05) is 5.92 Å². The van der Waals surface area contributed by atoms with Crippen molar-refractivity contribution < 1.29 is 10.4 Å². The van der Waals surface area contributed by atoms with Gasteiger partial charge in [0.2, 0.25) is 0 Å². The van der Waals surface area contributed by atoms with Crippen LogP contribution in [0.3, 0.4) is 0 Å². The van der Waals surface area contributed by atoms with Crippen LogP contribution in [0.4, 0.5) is 0 Å². The minimum atomic E-state index is 0. The molecule has 0 aromatic carbocycles. The number of quaternary nitrogens is 1. The molecule has 0 spiro atoms. The summed E-state index contributed by atoms with van der Waals surface area (Å²) in [5.41, 5.74) is 0. The fourth-order valence-electron chi connectivity index (χ4n) is 2.37. The molecule has 0 aromatic rings. The van der Waals surface area contributed by atoms with Gasteiger partial charge in [0.05, 0.1) is 19.6 Å². The topological polar surface area (TPSA) is 34.4 Å². The Kier molecular flexibility index (Phi) is 2.69. The normalized spacial score (nSPS) is 38.4. The van der Waals surface area contributed by atoms with Gasteiger partial charge in [-0.1, -0.05) is 0 Å². The first-order valence-electron chi connectivity index (χ1n) is 4.29. The van der Waals surface area contributed by atoms with Gasteiger partial charge < -0.3 is 10.4 Å². The molecule has 2 saturated heterocycles. The summed E-state index contributed by atoms with van der Waals surface area (Å²) in [6.07, 6.45) is 6.06. The minimum absolute atomic E-state index is 0. The first kappa shape index (κ1) is 8.02. The van der Waals surface area contributed by atoms with Crippen molar-refractivity contribution >= 4 is 0 Å². The van der Waals surface area contributed by atoms with Crippen LogP contribution in [0, 0.1) is 5.92 Å². The number of piperidine rings is 2. The maximum atomic E-state index is 1.89. The molecule has 0 atom stereocenters. The number of rotatable bonds is 0. The Hall–Kier alpha value is -0.0800. The zero-order valence-electron chi connectivity index (χ0n) is 6.47. The van der Waals surface area contributed by atoms with E-state index in [0.29, 0.717) is 0 Å². The molecule has 60 valence electrons. The van der Waals surface area contributed by atoms with E-state index in [1.54, 1.807) is 0 Å². The van der Waals surface area contributed by atoms with Crippen molar-refractivity contribution in [1.82, 2.24) is 0 Å². The van der Waals surface area contributed by atoms with Gasteiger partial charge in [-0.25, -0.2) is 0 Å². The van der Waals surface area contributed by atoms with Gasteiger partial charge in [-0.3, -0.25) is 0 Å². The van der Waals surface area contributed by atoms with Gasteiger partial charge in [0.25, 0.3) is 0 Å². The summed E-state index contributed by atoms with van der Waals surface area (Å²) >= 11 is 0. The van der Waals surface area contributed by atoms with Crippen LogP contribution >= 0.6 is 0 Å². The lowest BCUT2D eigenvalue weighted by molar-refractivity contribution is -0.914. The molecule has 2 fully saturated rings. The van der Waals surface area contributed by atoms with E-state index in [1.165, 1.54) is 45.3 Å². The highest BCUT2D eigenvalue weighted by Gasteiger charge is 2.26. The fourth-order valence-corrected chi connectivity index (χ4v) is 2.37. The Balaban J connectivity index is 0.000000500. The summed E-state index contributed by atoms with van der Waals surface area (Å²) in [5, 5.41) is 0. The highest BCUT2D eigenvalue weighted by molar-refractivity contribution is 4.65. The lowest BCUT2D eigenvalue weighted by Crippen LogP contribution is -3.14. The van der Waals surface area contributed by atoms with Gasteiger partial charge >= 0.3 is 0 Å². The molecule has 2 heterocycles. The Morgan fingerprint density at radius 1 is 1.00 bits per heavy atom. The van der Waals surface area contributed by atoms with Crippen molar-refractivity contribution in [1.29, 1.82) is 0 Å². The predicted molar refractivity (Wildman–Crippen MR) is 39.5 cm³/mol. The van der Waals surface area contributed by atoms with Gasteiger partial charge in [-0.05, 0) is 25.7 Å². The zero-order valence-corrected chi connectivity index (χ0v) is 6.47. The average Bonchev–Trinajstić information content (AvgIpc) is 1.88. The molecule has 0 amide bonds. The first-order chi connectivity index (χ1) is 4.45. The van der Waals surface area contributed by atoms with E-state index in [0.717, 1.165) is 5.92 Å². The van der Waals surface area contributed by atoms with E-state index in [1.807, 2.05) is 4.90 Å². The number of nitrogens with one attached hydrogen (secondary N) is 1. The maximum absolute atomic E-state index is 1.89. The van der Waals surface area contributed by atoms with E-state index < -0.39 is 0 Å². The van der Waals surface area contributed by atoms with Crippen LogP contribution in [0.1, 0.15) is 25.7 Å². The molecule has 0 unspecified atom stereocenters. The summed E-state index contributed by atoms with van der Waals surface area (Å²) in [7, 11) is 0. The molecular formula is C8H17NO. The van der Waals surface area contributed by atoms with Crippen molar-refractivity contribution in [2.75, 3.05) is 19.6 Å². The molecule has 0 radical (unpaired) electrons. The summed E-state index contributed by atoms with van der Waals surface area (Å²) in [5.74, 6) is 1.11. The van der Waals surface area contributed by atoms with Crippen molar-refractivity contribution in [3.8, 4) is 0 Å². The van der Waals surface area contributed by atoms with Gasteiger partial charge in [-0.2, -0.15) is 0 Å². The molecule has 2 N–H and O–H groups in total. The molecule has 10 heavy (non-hydrogen) atoms. The molecule has 2 nitrogen and oxygen atoms in total. The van der Waals surface area contributed by atoms with Crippen molar-refractivity contribution in [2.45, 2.75) is 25.7 Å². The first-order valence-corrected chi connectivity index (χ1v) is 4.29. The van der Waals surface area contributed by atoms with Gasteiger partial charge in [-0.15, -0.1) is 0 Å². The molecule has 0 aromatic heterocycles. The van der Waals surface area contributed by atoms with E-state index in [-0.39, 0.29) is 5.48 Å². The zero-order chi connectivity index (χ0) is 6.10. The van der Waals surface area contributed by atoms with Crippen molar-refractivity contribution in [3.05, 3.63) is 0 Å². The molecule has 2 aliphatic rings. The molecular weight excluding hydrogens is 126 g/mol. The lowest BCUT2D eigenvalue weighted by Gasteiger charge is -2.34. The summed E-state index contributed by atoms with van der Waals surface area (Å²) in [4.78, 5) is 1.89. The van der Waals surface area contributed by atoms with Crippen LogP contribution < -0.4 is 4.90 Å².